The average Bonchev–Trinajstić information content (AvgIpc) is 2.79. The third-order valence-corrected chi connectivity index (χ3v) is 8.69. The van der Waals surface area contributed by atoms with Crippen molar-refractivity contribution in [3.05, 3.63) is 52.2 Å². The van der Waals surface area contributed by atoms with E-state index in [0.29, 0.717) is 24.2 Å². The Bertz CT molecular complexity index is 1270. The lowest BCUT2D eigenvalue weighted by atomic mass is 9.98. The molecular formula is C26H35N5O5S. The molecule has 0 bridgehead atoms. The van der Waals surface area contributed by atoms with Gasteiger partial charge in [-0.2, -0.15) is 4.72 Å². The number of aliphatic carboxylic acids is 1. The summed E-state index contributed by atoms with van der Waals surface area (Å²) in [6.07, 6.45) is 2.95. The van der Waals surface area contributed by atoms with Crippen LogP contribution < -0.4 is 15.4 Å². The van der Waals surface area contributed by atoms with Crippen LogP contribution in [0.5, 0.6) is 0 Å². The molecule has 1 fully saturated rings. The summed E-state index contributed by atoms with van der Waals surface area (Å²) in [6.45, 7) is 7.74. The third-order valence-electron chi connectivity index (χ3n) is 6.91. The quantitative estimate of drug-likeness (QED) is 0.362. The van der Waals surface area contributed by atoms with Crippen LogP contribution in [-0.4, -0.2) is 74.1 Å². The first kappa shape index (κ1) is 27.0. The van der Waals surface area contributed by atoms with Crippen molar-refractivity contribution in [3.8, 4) is 0 Å². The lowest BCUT2D eigenvalue weighted by Crippen LogP contribution is -2.56. The minimum absolute atomic E-state index is 0.0644. The molecule has 2 aliphatic heterocycles. The SMILES string of the molecule is Cc1cc(C)c(S(=O)(=O)N[C@@H](CNC(=O)C2CN(CCc3ccc4c(n3)NCCC4)C2)C(=O)O)c(C)c1. The number of carboxylic acid groups (broad SMARTS) is 1. The van der Waals surface area contributed by atoms with Gasteiger partial charge in [-0.1, -0.05) is 23.8 Å². The molecule has 10 nitrogen and oxygen atoms in total. The minimum Gasteiger partial charge on any atom is -0.480 e. The summed E-state index contributed by atoms with van der Waals surface area (Å²) in [6, 6.07) is 6.18. The normalized spacial score (nSPS) is 16.8. The van der Waals surface area contributed by atoms with E-state index >= 15 is 0 Å². The number of fused-ring (bicyclic) bond motifs is 1. The second-order valence-corrected chi connectivity index (χ2v) is 11.7. The molecular weight excluding hydrogens is 494 g/mol. The van der Waals surface area contributed by atoms with Gasteiger partial charge in [0, 0.05) is 44.8 Å². The van der Waals surface area contributed by atoms with Gasteiger partial charge in [-0.15, -0.1) is 0 Å². The number of rotatable bonds is 10. The van der Waals surface area contributed by atoms with Gasteiger partial charge in [0.2, 0.25) is 15.9 Å². The molecule has 4 rings (SSSR count). The predicted molar refractivity (Wildman–Crippen MR) is 140 cm³/mol. The number of carboxylic acids is 1. The molecule has 1 amide bonds. The first-order valence-electron chi connectivity index (χ1n) is 12.6. The van der Waals surface area contributed by atoms with E-state index in [2.05, 4.69) is 32.4 Å². The monoisotopic (exact) mass is 529 g/mol. The summed E-state index contributed by atoms with van der Waals surface area (Å²) in [5, 5.41) is 15.5. The number of carbonyl (C=O) groups excluding carboxylic acids is 1. The van der Waals surface area contributed by atoms with Crippen LogP contribution in [0.4, 0.5) is 5.82 Å². The highest BCUT2D eigenvalue weighted by molar-refractivity contribution is 7.89. The molecule has 37 heavy (non-hydrogen) atoms. The van der Waals surface area contributed by atoms with Crippen LogP contribution in [0.15, 0.2) is 29.2 Å². The number of hydrogen-bond acceptors (Lipinski definition) is 7. The van der Waals surface area contributed by atoms with Crippen molar-refractivity contribution in [2.75, 3.05) is 38.0 Å². The number of aromatic nitrogens is 1. The maximum absolute atomic E-state index is 13.0. The van der Waals surface area contributed by atoms with Crippen LogP contribution in [-0.2, 0) is 32.5 Å². The van der Waals surface area contributed by atoms with Crippen molar-refractivity contribution >= 4 is 27.7 Å². The number of anilines is 1. The Morgan fingerprint density at radius 1 is 1.19 bits per heavy atom. The minimum atomic E-state index is -4.09. The summed E-state index contributed by atoms with van der Waals surface area (Å²) in [5.41, 5.74) is 4.25. The maximum atomic E-state index is 13.0. The predicted octanol–water partition coefficient (Wildman–Crippen LogP) is 1.39. The van der Waals surface area contributed by atoms with Gasteiger partial charge in [0.15, 0.2) is 0 Å². The standard InChI is InChI=1S/C26H35N5O5S/c1-16-11-17(2)23(18(3)12-16)37(35,36)30-22(26(33)34)13-28-25(32)20-14-31(15-20)10-8-21-7-6-19-5-4-9-27-24(19)29-21/h6-7,11-12,20,22,30H,4-5,8-10,13-15H2,1-3H3,(H,27,29)(H,28,32)(H,33,34)/t22-/m0/s1. The number of likely N-dealkylation sites (tertiary alicyclic amines) is 1. The third kappa shape index (κ3) is 6.46. The largest absolute Gasteiger partial charge is 0.480 e. The molecule has 0 saturated carbocycles. The second kappa shape index (κ2) is 11.2. The van der Waals surface area contributed by atoms with Crippen molar-refractivity contribution in [1.82, 2.24) is 19.9 Å². The Morgan fingerprint density at radius 3 is 2.57 bits per heavy atom. The molecule has 0 radical (unpaired) electrons. The molecule has 1 atom stereocenters. The van der Waals surface area contributed by atoms with Crippen LogP contribution in [0.3, 0.4) is 0 Å². The number of aryl methyl sites for hydroxylation is 4. The Kier molecular flexibility index (Phi) is 8.15. The highest BCUT2D eigenvalue weighted by Gasteiger charge is 2.34. The van der Waals surface area contributed by atoms with Crippen LogP contribution in [0.2, 0.25) is 0 Å². The van der Waals surface area contributed by atoms with Gasteiger partial charge in [-0.05, 0) is 56.4 Å². The van der Waals surface area contributed by atoms with Gasteiger partial charge in [0.1, 0.15) is 11.9 Å². The molecule has 200 valence electrons. The highest BCUT2D eigenvalue weighted by Crippen LogP contribution is 2.23. The number of sulfonamides is 1. The van der Waals surface area contributed by atoms with Crippen LogP contribution in [0.25, 0.3) is 0 Å². The fourth-order valence-corrected chi connectivity index (χ4v) is 6.70. The number of hydrogen-bond donors (Lipinski definition) is 4. The van der Waals surface area contributed by atoms with Gasteiger partial charge in [0.25, 0.3) is 0 Å². The van der Waals surface area contributed by atoms with Crippen LogP contribution in [0, 0.1) is 26.7 Å². The topological polar surface area (TPSA) is 141 Å². The lowest BCUT2D eigenvalue weighted by molar-refractivity contribution is -0.139. The number of carbonyl (C=O) groups is 2. The van der Waals surface area contributed by atoms with E-state index in [1.165, 1.54) is 5.56 Å². The van der Waals surface area contributed by atoms with E-state index in [9.17, 15) is 23.1 Å². The van der Waals surface area contributed by atoms with Gasteiger partial charge in [0.05, 0.1) is 10.8 Å². The van der Waals surface area contributed by atoms with Gasteiger partial charge in [-0.3, -0.25) is 9.59 Å². The molecule has 3 heterocycles. The van der Waals surface area contributed by atoms with E-state index in [0.717, 1.165) is 49.4 Å². The van der Waals surface area contributed by atoms with Crippen molar-refractivity contribution in [3.63, 3.8) is 0 Å². The fourth-order valence-electron chi connectivity index (χ4n) is 5.06. The Labute approximate surface area is 217 Å². The molecule has 2 aromatic rings. The first-order chi connectivity index (χ1) is 17.5. The van der Waals surface area contributed by atoms with Crippen molar-refractivity contribution in [2.24, 2.45) is 5.92 Å². The smallest absolute Gasteiger partial charge is 0.323 e. The maximum Gasteiger partial charge on any atom is 0.323 e. The van der Waals surface area contributed by atoms with E-state index < -0.39 is 22.0 Å². The van der Waals surface area contributed by atoms with Gasteiger partial charge in [-0.25, -0.2) is 13.4 Å². The van der Waals surface area contributed by atoms with E-state index in [1.807, 2.05) is 6.92 Å². The van der Waals surface area contributed by atoms with Gasteiger partial charge >= 0.3 is 5.97 Å². The summed E-state index contributed by atoms with van der Waals surface area (Å²) >= 11 is 0. The first-order valence-corrected chi connectivity index (χ1v) is 14.1. The highest BCUT2D eigenvalue weighted by atomic mass is 32.2. The number of benzene rings is 1. The van der Waals surface area contributed by atoms with Crippen molar-refractivity contribution in [2.45, 2.75) is 51.0 Å². The zero-order valence-electron chi connectivity index (χ0n) is 21.5. The Morgan fingerprint density at radius 2 is 1.89 bits per heavy atom. The number of amides is 1. The number of nitrogens with one attached hydrogen (secondary N) is 3. The molecule has 0 spiro atoms. The zero-order valence-corrected chi connectivity index (χ0v) is 22.3. The van der Waals surface area contributed by atoms with Crippen LogP contribution in [0.1, 0.15) is 34.4 Å². The number of pyridine rings is 1. The lowest BCUT2D eigenvalue weighted by Gasteiger charge is -2.38. The zero-order chi connectivity index (χ0) is 26.7. The van der Waals surface area contributed by atoms with Crippen LogP contribution >= 0.6 is 0 Å². The number of nitrogens with zero attached hydrogens (tertiary/aromatic N) is 2. The van der Waals surface area contributed by atoms with Crippen molar-refractivity contribution < 1.29 is 23.1 Å². The van der Waals surface area contributed by atoms with Crippen molar-refractivity contribution in [1.29, 1.82) is 0 Å². The summed E-state index contributed by atoms with van der Waals surface area (Å²) in [5.74, 6) is -0.916. The molecule has 11 heteroatoms. The summed E-state index contributed by atoms with van der Waals surface area (Å²) in [4.78, 5) is 31.3. The molecule has 4 N–H and O–H groups in total. The Hall–Kier alpha value is -3.02. The average molecular weight is 530 g/mol. The molecule has 0 aliphatic carbocycles. The summed E-state index contributed by atoms with van der Waals surface area (Å²) < 4.78 is 28.2. The Balaban J connectivity index is 1.25. The molecule has 1 aromatic heterocycles. The van der Waals surface area contributed by atoms with E-state index in [-0.39, 0.29) is 23.3 Å². The molecule has 2 aliphatic rings. The van der Waals surface area contributed by atoms with E-state index in [4.69, 9.17) is 4.98 Å². The van der Waals surface area contributed by atoms with Gasteiger partial charge < -0.3 is 20.6 Å². The molecule has 0 unspecified atom stereocenters. The second-order valence-electron chi connectivity index (χ2n) is 10.0. The van der Waals surface area contributed by atoms with E-state index in [1.54, 1.807) is 26.0 Å². The molecule has 1 aromatic carbocycles. The molecule has 1 saturated heterocycles. The fraction of sp³-hybridized carbons (Fsp3) is 0.500. The summed E-state index contributed by atoms with van der Waals surface area (Å²) in [7, 11) is -4.09.